The lowest BCUT2D eigenvalue weighted by Crippen LogP contribution is -2.07. The minimum atomic E-state index is -4.42. The van der Waals surface area contributed by atoms with Crippen LogP contribution in [0, 0.1) is 19.7 Å². The third kappa shape index (κ3) is 4.42. The second kappa shape index (κ2) is 8.24. The molecule has 0 nitrogen and oxygen atoms in total. The minimum Gasteiger partial charge on any atom is -0.206 e. The molecule has 0 aromatic heterocycles. The Morgan fingerprint density at radius 3 is 2.17 bits per heavy atom. The fraction of sp³-hybridized carbons (Fsp3) is 0.200. The molecule has 0 amide bonds. The minimum absolute atomic E-state index is 0.128. The summed E-state index contributed by atoms with van der Waals surface area (Å²) in [4.78, 5) is 0. The Morgan fingerprint density at radius 2 is 1.48 bits per heavy atom. The van der Waals surface area contributed by atoms with E-state index in [0.717, 1.165) is 28.3 Å². The van der Waals surface area contributed by atoms with Gasteiger partial charge in [-0.05, 0) is 59.7 Å². The first kappa shape index (κ1) is 20.8. The summed E-state index contributed by atoms with van der Waals surface area (Å²) in [6.45, 7) is 5.46. The van der Waals surface area contributed by atoms with E-state index in [2.05, 4.69) is 0 Å². The number of hydrogen-bond acceptors (Lipinski definition) is 0. The fourth-order valence-electron chi connectivity index (χ4n) is 3.39. The van der Waals surface area contributed by atoms with Crippen molar-refractivity contribution in [2.24, 2.45) is 0 Å². The van der Waals surface area contributed by atoms with E-state index in [1.807, 2.05) is 26.0 Å². The molecule has 0 spiro atoms. The Bertz CT molecular complexity index is 1060. The molecule has 0 aliphatic carbocycles. The van der Waals surface area contributed by atoms with E-state index >= 15 is 0 Å². The zero-order chi connectivity index (χ0) is 21.2. The zero-order valence-corrected chi connectivity index (χ0v) is 16.6. The van der Waals surface area contributed by atoms with Crippen molar-refractivity contribution in [2.45, 2.75) is 33.4 Å². The first-order valence-corrected chi connectivity index (χ1v) is 9.45. The van der Waals surface area contributed by atoms with Gasteiger partial charge in [0.1, 0.15) is 5.82 Å². The van der Waals surface area contributed by atoms with E-state index in [1.165, 1.54) is 12.1 Å². The molecule has 4 heteroatoms. The quantitative estimate of drug-likeness (QED) is 0.310. The topological polar surface area (TPSA) is 0 Å². The van der Waals surface area contributed by atoms with Crippen LogP contribution in [-0.2, 0) is 12.6 Å². The van der Waals surface area contributed by atoms with E-state index in [-0.39, 0.29) is 11.4 Å². The highest BCUT2D eigenvalue weighted by Crippen LogP contribution is 2.34. The summed E-state index contributed by atoms with van der Waals surface area (Å²) in [5, 5.41) is 0. The molecule has 3 aromatic carbocycles. The number of benzene rings is 3. The average Bonchev–Trinajstić information content (AvgIpc) is 2.68. The van der Waals surface area contributed by atoms with Crippen molar-refractivity contribution in [2.75, 3.05) is 0 Å². The zero-order valence-electron chi connectivity index (χ0n) is 16.6. The van der Waals surface area contributed by atoms with Crippen LogP contribution in [0.25, 0.3) is 23.3 Å². The number of hydrogen-bond donors (Lipinski definition) is 0. The van der Waals surface area contributed by atoms with Crippen LogP contribution in [0.5, 0.6) is 0 Å². The fourth-order valence-corrected chi connectivity index (χ4v) is 3.39. The summed E-state index contributed by atoms with van der Waals surface area (Å²) < 4.78 is 54.7. The van der Waals surface area contributed by atoms with Gasteiger partial charge in [-0.1, -0.05) is 67.6 Å². The lowest BCUT2D eigenvalue weighted by molar-refractivity contribution is -0.137. The van der Waals surface area contributed by atoms with Crippen LogP contribution in [0.2, 0.25) is 0 Å². The molecule has 0 fully saturated rings. The van der Waals surface area contributed by atoms with Crippen molar-refractivity contribution < 1.29 is 17.6 Å². The van der Waals surface area contributed by atoms with Gasteiger partial charge in [0.25, 0.3) is 0 Å². The van der Waals surface area contributed by atoms with E-state index in [1.54, 1.807) is 43.3 Å². The Morgan fingerprint density at radius 1 is 0.828 bits per heavy atom. The molecule has 0 heterocycles. The molecule has 0 unspecified atom stereocenters. The number of rotatable bonds is 4. The highest BCUT2D eigenvalue weighted by molar-refractivity contribution is 5.78. The van der Waals surface area contributed by atoms with Gasteiger partial charge in [0.2, 0.25) is 0 Å². The Hall–Kier alpha value is -2.88. The number of aryl methyl sites for hydroxylation is 2. The maximum atomic E-state index is 14.6. The first-order valence-electron chi connectivity index (χ1n) is 9.45. The van der Waals surface area contributed by atoms with Gasteiger partial charge < -0.3 is 0 Å². The molecule has 3 rings (SSSR count). The van der Waals surface area contributed by atoms with Crippen molar-refractivity contribution in [3.05, 3.63) is 93.8 Å². The Balaban J connectivity index is 2.06. The first-order chi connectivity index (χ1) is 13.7. The predicted octanol–water partition coefficient (Wildman–Crippen LogP) is 7.86. The molecular formula is C25H22F4. The van der Waals surface area contributed by atoms with Crippen molar-refractivity contribution in [3.63, 3.8) is 0 Å². The van der Waals surface area contributed by atoms with Gasteiger partial charge in [-0.2, -0.15) is 13.2 Å². The molecule has 0 aliphatic heterocycles. The van der Waals surface area contributed by atoms with Gasteiger partial charge in [-0.15, -0.1) is 0 Å². The van der Waals surface area contributed by atoms with E-state index in [4.69, 9.17) is 0 Å². The number of halogens is 4. The van der Waals surface area contributed by atoms with Crippen molar-refractivity contribution in [3.8, 4) is 11.1 Å². The molecule has 150 valence electrons. The van der Waals surface area contributed by atoms with Gasteiger partial charge >= 0.3 is 6.18 Å². The average molecular weight is 398 g/mol. The molecule has 29 heavy (non-hydrogen) atoms. The standard InChI is InChI=1S/C25H22F4/c1-4-18-11-14-23(25(27,28)29)20(15-18)13-12-19-8-6-9-21(17(19)3)22-10-5-7-16(2)24(22)26/h5-15H,4H2,1-3H3/b13-12+. The van der Waals surface area contributed by atoms with E-state index in [9.17, 15) is 17.6 Å². The van der Waals surface area contributed by atoms with Crippen LogP contribution in [0.3, 0.4) is 0 Å². The molecule has 0 aliphatic rings. The van der Waals surface area contributed by atoms with Crippen LogP contribution >= 0.6 is 0 Å². The van der Waals surface area contributed by atoms with Crippen molar-refractivity contribution in [1.82, 2.24) is 0 Å². The van der Waals surface area contributed by atoms with E-state index in [0.29, 0.717) is 17.5 Å². The van der Waals surface area contributed by atoms with Gasteiger partial charge in [0.15, 0.2) is 0 Å². The van der Waals surface area contributed by atoms with Crippen LogP contribution in [0.15, 0.2) is 54.6 Å². The lowest BCUT2D eigenvalue weighted by atomic mass is 9.94. The third-order valence-corrected chi connectivity index (χ3v) is 5.13. The van der Waals surface area contributed by atoms with Crippen LogP contribution in [0.4, 0.5) is 17.6 Å². The molecule has 0 atom stereocenters. The highest BCUT2D eigenvalue weighted by Gasteiger charge is 2.32. The second-order valence-corrected chi connectivity index (χ2v) is 7.06. The van der Waals surface area contributed by atoms with Gasteiger partial charge in [0, 0.05) is 5.56 Å². The summed E-state index contributed by atoms with van der Waals surface area (Å²) in [6, 6.07) is 14.8. The molecule has 0 saturated heterocycles. The molecule has 0 radical (unpaired) electrons. The van der Waals surface area contributed by atoms with Crippen molar-refractivity contribution in [1.29, 1.82) is 0 Å². The van der Waals surface area contributed by atoms with Gasteiger partial charge in [-0.3, -0.25) is 0 Å². The molecular weight excluding hydrogens is 376 g/mol. The monoisotopic (exact) mass is 398 g/mol. The maximum Gasteiger partial charge on any atom is 0.416 e. The van der Waals surface area contributed by atoms with E-state index < -0.39 is 11.7 Å². The van der Waals surface area contributed by atoms with Crippen LogP contribution in [0.1, 0.15) is 40.3 Å². The maximum absolute atomic E-state index is 14.6. The summed E-state index contributed by atoms with van der Waals surface area (Å²) in [7, 11) is 0. The molecule has 0 bridgehead atoms. The predicted molar refractivity (Wildman–Crippen MR) is 111 cm³/mol. The molecule has 0 N–H and O–H groups in total. The van der Waals surface area contributed by atoms with Crippen LogP contribution in [-0.4, -0.2) is 0 Å². The number of alkyl halides is 3. The molecule has 0 saturated carbocycles. The smallest absolute Gasteiger partial charge is 0.206 e. The highest BCUT2D eigenvalue weighted by atomic mass is 19.4. The van der Waals surface area contributed by atoms with Gasteiger partial charge in [0.05, 0.1) is 5.56 Å². The normalized spacial score (nSPS) is 12.0. The molecule has 3 aromatic rings. The van der Waals surface area contributed by atoms with Crippen LogP contribution < -0.4 is 0 Å². The largest absolute Gasteiger partial charge is 0.416 e. The summed E-state index contributed by atoms with van der Waals surface area (Å²) in [6.07, 6.45) is -0.620. The summed E-state index contributed by atoms with van der Waals surface area (Å²) in [5.41, 5.74) is 3.63. The Kier molecular flexibility index (Phi) is 5.92. The lowest BCUT2D eigenvalue weighted by Gasteiger charge is -2.13. The Labute approximate surface area is 168 Å². The summed E-state index contributed by atoms with van der Waals surface area (Å²) in [5.74, 6) is -0.285. The van der Waals surface area contributed by atoms with Crippen molar-refractivity contribution >= 4 is 12.2 Å². The van der Waals surface area contributed by atoms with Gasteiger partial charge in [-0.25, -0.2) is 4.39 Å². The SMILES string of the molecule is CCc1ccc(C(F)(F)F)c(/C=C/c2cccc(-c3cccc(C)c3F)c2C)c1. The third-order valence-electron chi connectivity index (χ3n) is 5.13. The second-order valence-electron chi connectivity index (χ2n) is 7.06. The summed E-state index contributed by atoms with van der Waals surface area (Å²) >= 11 is 0.